The lowest BCUT2D eigenvalue weighted by atomic mass is 10.4. The highest BCUT2D eigenvalue weighted by atomic mass is 79.9. The normalized spacial score (nSPS) is 10.2. The monoisotopic (exact) mass is 244 g/mol. The van der Waals surface area contributed by atoms with Crippen LogP contribution in [-0.2, 0) is 0 Å². The summed E-state index contributed by atoms with van der Waals surface area (Å²) in [5.41, 5.74) is 0.915. The number of nitrogens with zero attached hydrogens (tertiary/aromatic N) is 2. The number of hydrogen-bond donors (Lipinski definition) is 0. The first-order valence-electron chi connectivity index (χ1n) is 4.28. The third-order valence-corrected chi connectivity index (χ3v) is 2.45. The van der Waals surface area contributed by atoms with Gasteiger partial charge < -0.3 is 4.74 Å². The molecule has 0 saturated carbocycles. The van der Waals surface area contributed by atoms with Crippen molar-refractivity contribution < 1.29 is 4.74 Å². The van der Waals surface area contributed by atoms with Crippen molar-refractivity contribution in [2.75, 3.05) is 6.61 Å². The molecular weight excluding hydrogens is 232 g/mol. The van der Waals surface area contributed by atoms with Crippen LogP contribution in [-0.4, -0.2) is 16.6 Å². The molecule has 3 nitrogen and oxygen atoms in total. The van der Waals surface area contributed by atoms with E-state index < -0.39 is 0 Å². The number of ether oxygens (including phenoxy) is 1. The first-order valence-corrected chi connectivity index (χ1v) is 5.08. The summed E-state index contributed by atoms with van der Waals surface area (Å²) in [6.45, 7) is 6.54. The average Bonchev–Trinajstić information content (AvgIpc) is 2.09. The van der Waals surface area contributed by atoms with Crippen LogP contribution in [0.25, 0.3) is 0 Å². The predicted octanol–water partition coefficient (Wildman–Crippen LogP) is 2.64. The Hall–Kier alpha value is -0.640. The Labute approximate surface area is 86.7 Å². The fourth-order valence-corrected chi connectivity index (χ4v) is 1.25. The second-order valence-electron chi connectivity index (χ2n) is 2.82. The topological polar surface area (TPSA) is 35.0 Å². The van der Waals surface area contributed by atoms with Gasteiger partial charge in [0.05, 0.1) is 12.3 Å². The van der Waals surface area contributed by atoms with E-state index in [2.05, 4.69) is 32.8 Å². The number of rotatable bonds is 3. The van der Waals surface area contributed by atoms with E-state index in [9.17, 15) is 0 Å². The summed E-state index contributed by atoms with van der Waals surface area (Å²) in [5.74, 6) is 1.39. The molecule has 1 rings (SSSR count). The molecule has 1 aromatic heterocycles. The van der Waals surface area contributed by atoms with E-state index in [-0.39, 0.29) is 0 Å². The molecule has 4 heteroatoms. The molecule has 13 heavy (non-hydrogen) atoms. The van der Waals surface area contributed by atoms with Crippen LogP contribution in [0.2, 0.25) is 0 Å². The van der Waals surface area contributed by atoms with Crippen molar-refractivity contribution >= 4 is 15.9 Å². The lowest BCUT2D eigenvalue weighted by Crippen LogP contribution is -2.02. The molecule has 0 aliphatic heterocycles. The van der Waals surface area contributed by atoms with E-state index in [1.165, 1.54) is 0 Å². The van der Waals surface area contributed by atoms with Crippen LogP contribution in [0.1, 0.15) is 24.9 Å². The van der Waals surface area contributed by atoms with Gasteiger partial charge in [-0.15, -0.1) is 0 Å². The lowest BCUT2D eigenvalue weighted by Gasteiger charge is -2.07. The van der Waals surface area contributed by atoms with Crippen molar-refractivity contribution in [3.8, 4) is 5.88 Å². The smallest absolute Gasteiger partial charge is 0.231 e. The predicted molar refractivity (Wildman–Crippen MR) is 55.0 cm³/mol. The van der Waals surface area contributed by atoms with Crippen LogP contribution in [0.15, 0.2) is 4.47 Å². The fourth-order valence-electron chi connectivity index (χ4n) is 0.962. The van der Waals surface area contributed by atoms with E-state index >= 15 is 0 Å². The molecule has 0 aliphatic carbocycles. The van der Waals surface area contributed by atoms with Gasteiger partial charge in [0.25, 0.3) is 0 Å². The Kier molecular flexibility index (Phi) is 3.66. The van der Waals surface area contributed by atoms with Crippen LogP contribution in [0.4, 0.5) is 0 Å². The van der Waals surface area contributed by atoms with E-state index in [0.717, 1.165) is 22.4 Å². The lowest BCUT2D eigenvalue weighted by molar-refractivity contribution is 0.301. The van der Waals surface area contributed by atoms with Crippen LogP contribution < -0.4 is 4.74 Å². The van der Waals surface area contributed by atoms with E-state index in [1.807, 2.05) is 13.8 Å². The molecule has 0 spiro atoms. The maximum absolute atomic E-state index is 5.45. The van der Waals surface area contributed by atoms with Gasteiger partial charge in [0.1, 0.15) is 10.3 Å². The number of hydrogen-bond acceptors (Lipinski definition) is 3. The Bertz CT molecular complexity index is 302. The van der Waals surface area contributed by atoms with Crippen LogP contribution in [0.5, 0.6) is 5.88 Å². The van der Waals surface area contributed by atoms with Gasteiger partial charge in [-0.1, -0.05) is 6.92 Å². The Balaban J connectivity index is 2.92. The molecule has 0 radical (unpaired) electrons. The first kappa shape index (κ1) is 10.4. The Morgan fingerprint density at radius 1 is 1.31 bits per heavy atom. The molecule has 1 heterocycles. The van der Waals surface area contributed by atoms with Gasteiger partial charge in [-0.3, -0.25) is 0 Å². The molecule has 0 aliphatic rings. The summed E-state index contributed by atoms with van der Waals surface area (Å²) < 4.78 is 6.30. The van der Waals surface area contributed by atoms with E-state index in [4.69, 9.17) is 4.74 Å². The Morgan fingerprint density at radius 3 is 2.62 bits per heavy atom. The summed E-state index contributed by atoms with van der Waals surface area (Å²) >= 11 is 3.39. The molecule has 0 fully saturated rings. The second kappa shape index (κ2) is 4.56. The van der Waals surface area contributed by atoms with Crippen LogP contribution in [0, 0.1) is 13.8 Å². The largest absolute Gasteiger partial charge is 0.477 e. The zero-order valence-corrected chi connectivity index (χ0v) is 9.68. The zero-order chi connectivity index (χ0) is 9.84. The van der Waals surface area contributed by atoms with Crippen molar-refractivity contribution in [1.29, 1.82) is 0 Å². The minimum absolute atomic E-state index is 0.645. The summed E-state index contributed by atoms with van der Waals surface area (Å²) in [5, 5.41) is 0. The quantitative estimate of drug-likeness (QED) is 0.821. The summed E-state index contributed by atoms with van der Waals surface area (Å²) in [6, 6.07) is 0. The molecule has 0 aromatic carbocycles. The molecule has 0 atom stereocenters. The van der Waals surface area contributed by atoms with Gasteiger partial charge in [0, 0.05) is 0 Å². The minimum Gasteiger partial charge on any atom is -0.477 e. The summed E-state index contributed by atoms with van der Waals surface area (Å²) in [7, 11) is 0. The number of aromatic nitrogens is 2. The van der Waals surface area contributed by atoms with Crippen LogP contribution in [0.3, 0.4) is 0 Å². The van der Waals surface area contributed by atoms with Crippen LogP contribution >= 0.6 is 15.9 Å². The first-order chi connectivity index (χ1) is 6.15. The molecule has 0 saturated heterocycles. The van der Waals surface area contributed by atoms with Gasteiger partial charge in [0.15, 0.2) is 0 Å². The van der Waals surface area contributed by atoms with Crippen molar-refractivity contribution in [1.82, 2.24) is 9.97 Å². The summed E-state index contributed by atoms with van der Waals surface area (Å²) in [6.07, 6.45) is 0.981. The third-order valence-electron chi connectivity index (χ3n) is 1.54. The number of halogens is 1. The maximum atomic E-state index is 5.45. The van der Waals surface area contributed by atoms with Gasteiger partial charge in [-0.2, -0.15) is 4.98 Å². The molecule has 0 amide bonds. The molecule has 1 aromatic rings. The second-order valence-corrected chi connectivity index (χ2v) is 3.62. The van der Waals surface area contributed by atoms with Gasteiger partial charge >= 0.3 is 0 Å². The highest BCUT2D eigenvalue weighted by Crippen LogP contribution is 2.24. The SMILES string of the molecule is CCCOc1nc(C)nc(C)c1Br. The van der Waals surface area contributed by atoms with Gasteiger partial charge in [-0.25, -0.2) is 4.98 Å². The molecule has 0 unspecified atom stereocenters. The summed E-state index contributed by atoms with van der Waals surface area (Å²) in [4.78, 5) is 8.39. The molecule has 0 N–H and O–H groups in total. The molecule has 0 bridgehead atoms. The minimum atomic E-state index is 0.645. The molecule has 72 valence electrons. The highest BCUT2D eigenvalue weighted by Gasteiger charge is 2.07. The number of aryl methyl sites for hydroxylation is 2. The Morgan fingerprint density at radius 2 is 2.00 bits per heavy atom. The van der Waals surface area contributed by atoms with Gasteiger partial charge in [0.2, 0.25) is 5.88 Å². The third kappa shape index (κ3) is 2.66. The van der Waals surface area contributed by atoms with Crippen molar-refractivity contribution in [2.24, 2.45) is 0 Å². The fraction of sp³-hybridized carbons (Fsp3) is 0.556. The van der Waals surface area contributed by atoms with Gasteiger partial charge in [-0.05, 0) is 36.2 Å². The van der Waals surface area contributed by atoms with Crippen molar-refractivity contribution in [2.45, 2.75) is 27.2 Å². The molecular formula is C9H13BrN2O. The van der Waals surface area contributed by atoms with Crippen molar-refractivity contribution in [3.63, 3.8) is 0 Å². The van der Waals surface area contributed by atoms with Crippen molar-refractivity contribution in [3.05, 3.63) is 16.0 Å². The standard InChI is InChI=1S/C9H13BrN2O/c1-4-5-13-9-8(10)6(2)11-7(3)12-9/h4-5H2,1-3H3. The highest BCUT2D eigenvalue weighted by molar-refractivity contribution is 9.10. The maximum Gasteiger partial charge on any atom is 0.231 e. The van der Waals surface area contributed by atoms with E-state index in [0.29, 0.717) is 12.5 Å². The van der Waals surface area contributed by atoms with E-state index in [1.54, 1.807) is 0 Å². The zero-order valence-electron chi connectivity index (χ0n) is 8.09. The average molecular weight is 245 g/mol.